The molecule has 0 aliphatic rings. The highest BCUT2D eigenvalue weighted by Crippen LogP contribution is 2.25. The number of terminal acetylenes is 2. The van der Waals surface area contributed by atoms with Crippen LogP contribution in [0.4, 0.5) is 0 Å². The standard InChI is InChI=1S/C16H8N2/c1-3-11-8-13-9-12(4-2)14-6-5-7-17-16(14)15(13)18-10-11/h1-2,5-10H. The van der Waals surface area contributed by atoms with Crippen molar-refractivity contribution >= 4 is 21.8 Å². The summed E-state index contributed by atoms with van der Waals surface area (Å²) in [6, 6.07) is 7.64. The zero-order valence-electron chi connectivity index (χ0n) is 9.51. The molecular formula is C16H8N2. The minimum absolute atomic E-state index is 0.737. The Hall–Kier alpha value is -2.84. The van der Waals surface area contributed by atoms with E-state index in [-0.39, 0.29) is 0 Å². The van der Waals surface area contributed by atoms with E-state index in [0.717, 1.165) is 32.9 Å². The Balaban J connectivity index is 2.56. The Morgan fingerprint density at radius 2 is 1.89 bits per heavy atom. The Bertz CT molecular complexity index is 848. The smallest absolute Gasteiger partial charge is 0.0977 e. The molecule has 0 aliphatic heterocycles. The SMILES string of the molecule is C#Cc1cnc2c(c1)cc(C#C)c1cccnc12. The maximum Gasteiger partial charge on any atom is 0.0977 e. The zero-order valence-corrected chi connectivity index (χ0v) is 9.51. The molecule has 0 fully saturated rings. The lowest BCUT2D eigenvalue weighted by atomic mass is 10.0. The van der Waals surface area contributed by atoms with Crippen LogP contribution in [0.15, 0.2) is 36.7 Å². The summed E-state index contributed by atoms with van der Waals surface area (Å²) >= 11 is 0. The fraction of sp³-hybridized carbons (Fsp3) is 0. The maximum atomic E-state index is 5.54. The number of hydrogen-bond donors (Lipinski definition) is 0. The fourth-order valence-corrected chi connectivity index (χ4v) is 2.03. The third-order valence-corrected chi connectivity index (χ3v) is 2.86. The van der Waals surface area contributed by atoms with E-state index in [9.17, 15) is 0 Å². The molecule has 2 heterocycles. The largest absolute Gasteiger partial charge is 0.254 e. The summed E-state index contributed by atoms with van der Waals surface area (Å²) < 4.78 is 0. The van der Waals surface area contributed by atoms with E-state index >= 15 is 0 Å². The predicted molar refractivity (Wildman–Crippen MR) is 72.9 cm³/mol. The van der Waals surface area contributed by atoms with Crippen LogP contribution in [0.2, 0.25) is 0 Å². The van der Waals surface area contributed by atoms with Gasteiger partial charge in [-0.2, -0.15) is 0 Å². The van der Waals surface area contributed by atoms with E-state index in [1.165, 1.54) is 0 Å². The van der Waals surface area contributed by atoms with Crippen LogP contribution in [0.1, 0.15) is 11.1 Å². The molecule has 1 aromatic carbocycles. The summed E-state index contributed by atoms with van der Waals surface area (Å²) in [6.07, 6.45) is 14.3. The molecule has 0 unspecified atom stereocenters. The summed E-state index contributed by atoms with van der Waals surface area (Å²) in [5, 5.41) is 1.86. The fourth-order valence-electron chi connectivity index (χ4n) is 2.03. The van der Waals surface area contributed by atoms with Crippen molar-refractivity contribution in [1.29, 1.82) is 0 Å². The van der Waals surface area contributed by atoms with Crippen LogP contribution in [-0.2, 0) is 0 Å². The van der Waals surface area contributed by atoms with Gasteiger partial charge in [-0.1, -0.05) is 11.8 Å². The second-order valence-electron chi connectivity index (χ2n) is 3.91. The molecule has 0 amide bonds. The van der Waals surface area contributed by atoms with Gasteiger partial charge in [-0.3, -0.25) is 9.97 Å². The first kappa shape index (κ1) is 10.3. The molecule has 0 radical (unpaired) electrons. The average molecular weight is 228 g/mol. The second-order valence-corrected chi connectivity index (χ2v) is 3.91. The molecule has 0 aliphatic carbocycles. The molecule has 0 spiro atoms. The highest BCUT2D eigenvalue weighted by Gasteiger charge is 2.07. The van der Waals surface area contributed by atoms with Crippen LogP contribution < -0.4 is 0 Å². The summed E-state index contributed by atoms with van der Waals surface area (Å²) in [5.74, 6) is 5.25. The van der Waals surface area contributed by atoms with E-state index in [1.54, 1.807) is 12.4 Å². The Morgan fingerprint density at radius 1 is 1.00 bits per heavy atom. The van der Waals surface area contributed by atoms with Crippen LogP contribution in [0, 0.1) is 24.7 Å². The lowest BCUT2D eigenvalue weighted by Crippen LogP contribution is -1.89. The molecule has 0 saturated carbocycles. The van der Waals surface area contributed by atoms with Gasteiger partial charge in [-0.05, 0) is 24.3 Å². The maximum absolute atomic E-state index is 5.54. The van der Waals surface area contributed by atoms with Crippen LogP contribution in [0.25, 0.3) is 21.8 Å². The Labute approximate surface area is 105 Å². The highest BCUT2D eigenvalue weighted by atomic mass is 14.7. The predicted octanol–water partition coefficient (Wildman–Crippen LogP) is 2.75. The topological polar surface area (TPSA) is 25.8 Å². The number of fused-ring (bicyclic) bond motifs is 3. The number of pyridine rings is 2. The highest BCUT2D eigenvalue weighted by molar-refractivity contribution is 6.05. The first-order valence-electron chi connectivity index (χ1n) is 5.44. The minimum Gasteiger partial charge on any atom is -0.254 e. The molecule has 82 valence electrons. The first-order valence-corrected chi connectivity index (χ1v) is 5.44. The molecular weight excluding hydrogens is 220 g/mol. The van der Waals surface area contributed by atoms with Gasteiger partial charge in [0.25, 0.3) is 0 Å². The first-order chi connectivity index (χ1) is 8.83. The van der Waals surface area contributed by atoms with Gasteiger partial charge < -0.3 is 0 Å². The van der Waals surface area contributed by atoms with Gasteiger partial charge in [0.2, 0.25) is 0 Å². The number of rotatable bonds is 0. The van der Waals surface area contributed by atoms with E-state index in [0.29, 0.717) is 0 Å². The van der Waals surface area contributed by atoms with Crippen molar-refractivity contribution in [2.75, 3.05) is 0 Å². The number of nitrogens with zero attached hydrogens (tertiary/aromatic N) is 2. The van der Waals surface area contributed by atoms with Gasteiger partial charge in [-0.25, -0.2) is 0 Å². The van der Waals surface area contributed by atoms with Gasteiger partial charge in [0.15, 0.2) is 0 Å². The van der Waals surface area contributed by atoms with Gasteiger partial charge in [-0.15, -0.1) is 12.8 Å². The van der Waals surface area contributed by atoms with Gasteiger partial charge in [0.1, 0.15) is 0 Å². The molecule has 2 aromatic heterocycles. The van der Waals surface area contributed by atoms with E-state index in [4.69, 9.17) is 12.8 Å². The van der Waals surface area contributed by atoms with E-state index in [2.05, 4.69) is 21.8 Å². The Morgan fingerprint density at radius 3 is 2.67 bits per heavy atom. The van der Waals surface area contributed by atoms with Crippen molar-refractivity contribution in [1.82, 2.24) is 9.97 Å². The molecule has 2 heteroatoms. The molecule has 0 N–H and O–H groups in total. The summed E-state index contributed by atoms with van der Waals surface area (Å²) in [7, 11) is 0. The monoisotopic (exact) mass is 228 g/mol. The molecule has 0 bridgehead atoms. The number of benzene rings is 1. The summed E-state index contributed by atoms with van der Waals surface area (Å²) in [5.41, 5.74) is 3.18. The molecule has 0 saturated heterocycles. The quantitative estimate of drug-likeness (QED) is 0.437. The lowest BCUT2D eigenvalue weighted by molar-refractivity contribution is 1.36. The van der Waals surface area contributed by atoms with Crippen molar-refractivity contribution in [2.24, 2.45) is 0 Å². The van der Waals surface area contributed by atoms with Crippen molar-refractivity contribution < 1.29 is 0 Å². The zero-order chi connectivity index (χ0) is 12.5. The van der Waals surface area contributed by atoms with E-state index < -0.39 is 0 Å². The van der Waals surface area contributed by atoms with Crippen molar-refractivity contribution in [3.8, 4) is 24.7 Å². The average Bonchev–Trinajstić information content (AvgIpc) is 2.45. The van der Waals surface area contributed by atoms with Crippen molar-refractivity contribution in [3.63, 3.8) is 0 Å². The molecule has 2 nitrogen and oxygen atoms in total. The number of hydrogen-bond acceptors (Lipinski definition) is 2. The molecule has 0 atom stereocenters. The van der Waals surface area contributed by atoms with Gasteiger partial charge >= 0.3 is 0 Å². The number of aromatic nitrogens is 2. The van der Waals surface area contributed by atoms with Crippen LogP contribution in [0.3, 0.4) is 0 Å². The van der Waals surface area contributed by atoms with E-state index in [1.807, 2.05) is 24.3 Å². The Kier molecular flexibility index (Phi) is 2.22. The second kappa shape index (κ2) is 3.87. The third-order valence-electron chi connectivity index (χ3n) is 2.86. The van der Waals surface area contributed by atoms with Crippen LogP contribution >= 0.6 is 0 Å². The third kappa shape index (κ3) is 1.41. The summed E-state index contributed by atoms with van der Waals surface area (Å²) in [4.78, 5) is 8.75. The minimum atomic E-state index is 0.737. The van der Waals surface area contributed by atoms with Gasteiger partial charge in [0.05, 0.1) is 11.0 Å². The lowest BCUT2D eigenvalue weighted by Gasteiger charge is -2.05. The summed E-state index contributed by atoms with van der Waals surface area (Å²) in [6.45, 7) is 0. The van der Waals surface area contributed by atoms with Crippen molar-refractivity contribution in [3.05, 3.63) is 47.8 Å². The molecule has 3 rings (SSSR count). The van der Waals surface area contributed by atoms with Crippen molar-refractivity contribution in [2.45, 2.75) is 0 Å². The van der Waals surface area contributed by atoms with Crippen LogP contribution in [-0.4, -0.2) is 9.97 Å². The van der Waals surface area contributed by atoms with Crippen LogP contribution in [0.5, 0.6) is 0 Å². The molecule has 18 heavy (non-hydrogen) atoms. The normalized spacial score (nSPS) is 10.1. The van der Waals surface area contributed by atoms with Gasteiger partial charge in [0, 0.05) is 34.3 Å². The molecule has 3 aromatic rings.